The third kappa shape index (κ3) is 2.16. The van der Waals surface area contributed by atoms with Gasteiger partial charge in [-0.15, -0.1) is 0 Å². The molecule has 0 fully saturated rings. The number of nitrogens with two attached hydrogens (primary N) is 1. The van der Waals surface area contributed by atoms with Crippen LogP contribution in [0.2, 0.25) is 0 Å². The van der Waals surface area contributed by atoms with E-state index in [9.17, 15) is 4.79 Å². The lowest BCUT2D eigenvalue weighted by molar-refractivity contribution is 0.0526. The second-order valence-corrected chi connectivity index (χ2v) is 2.68. The summed E-state index contributed by atoms with van der Waals surface area (Å²) in [5, 5.41) is 0. The average molecular weight is 195 g/mol. The molecular weight excluding hydrogens is 182 g/mol. The van der Waals surface area contributed by atoms with Gasteiger partial charge in [0.2, 0.25) is 0 Å². The summed E-state index contributed by atoms with van der Waals surface area (Å²) in [7, 11) is 1.52. The number of carbonyl (C=O) groups is 1. The zero-order chi connectivity index (χ0) is 10.6. The summed E-state index contributed by atoms with van der Waals surface area (Å²) in [4.78, 5) is 11.3. The average Bonchev–Trinajstić information content (AvgIpc) is 2.18. The van der Waals surface area contributed by atoms with Gasteiger partial charge in [0.15, 0.2) is 0 Å². The number of ether oxygens (including phenoxy) is 2. The first-order valence-electron chi connectivity index (χ1n) is 4.29. The van der Waals surface area contributed by atoms with Crippen LogP contribution in [0.15, 0.2) is 18.2 Å². The van der Waals surface area contributed by atoms with E-state index in [1.165, 1.54) is 13.2 Å². The number of nitrogen functional groups attached to an aromatic ring is 1. The van der Waals surface area contributed by atoms with Crippen LogP contribution >= 0.6 is 0 Å². The summed E-state index contributed by atoms with van der Waals surface area (Å²) in [5.41, 5.74) is 6.50. The van der Waals surface area contributed by atoms with Crippen LogP contribution in [0.3, 0.4) is 0 Å². The van der Waals surface area contributed by atoms with Crippen LogP contribution < -0.4 is 10.5 Å². The SMILES string of the molecule is CCOC(=O)c1ccc(OC)c(N)c1. The van der Waals surface area contributed by atoms with Crippen molar-refractivity contribution < 1.29 is 14.3 Å². The minimum absolute atomic E-state index is 0.352. The van der Waals surface area contributed by atoms with Crippen molar-refractivity contribution in [2.75, 3.05) is 19.5 Å². The highest BCUT2D eigenvalue weighted by atomic mass is 16.5. The van der Waals surface area contributed by atoms with E-state index in [0.717, 1.165) is 0 Å². The number of hydrogen-bond donors (Lipinski definition) is 1. The van der Waals surface area contributed by atoms with Gasteiger partial charge in [0.25, 0.3) is 0 Å². The number of benzene rings is 1. The quantitative estimate of drug-likeness (QED) is 0.585. The first kappa shape index (κ1) is 10.4. The van der Waals surface area contributed by atoms with Gasteiger partial charge in [-0.3, -0.25) is 0 Å². The Hall–Kier alpha value is -1.71. The molecule has 0 heterocycles. The summed E-state index contributed by atoms with van der Waals surface area (Å²) in [6, 6.07) is 4.80. The van der Waals surface area contributed by atoms with E-state index in [-0.39, 0.29) is 5.97 Å². The number of rotatable bonds is 3. The van der Waals surface area contributed by atoms with Gasteiger partial charge >= 0.3 is 5.97 Å². The van der Waals surface area contributed by atoms with Crippen LogP contribution in [0.25, 0.3) is 0 Å². The minimum atomic E-state index is -0.373. The predicted molar refractivity (Wildman–Crippen MR) is 53.4 cm³/mol. The lowest BCUT2D eigenvalue weighted by Crippen LogP contribution is -2.05. The van der Waals surface area contributed by atoms with E-state index < -0.39 is 0 Å². The predicted octanol–water partition coefficient (Wildman–Crippen LogP) is 1.45. The normalized spacial score (nSPS) is 9.57. The maximum absolute atomic E-state index is 11.3. The molecule has 0 atom stereocenters. The van der Waals surface area contributed by atoms with Gasteiger partial charge in [-0.1, -0.05) is 0 Å². The molecule has 14 heavy (non-hydrogen) atoms. The van der Waals surface area contributed by atoms with Gasteiger partial charge in [-0.2, -0.15) is 0 Å². The first-order chi connectivity index (χ1) is 6.69. The Morgan fingerprint density at radius 2 is 2.21 bits per heavy atom. The summed E-state index contributed by atoms with van der Waals surface area (Å²) in [6.45, 7) is 2.11. The molecule has 0 aliphatic heterocycles. The molecule has 0 aromatic heterocycles. The number of carbonyl (C=O) groups excluding carboxylic acids is 1. The maximum Gasteiger partial charge on any atom is 0.338 e. The van der Waals surface area contributed by atoms with E-state index in [0.29, 0.717) is 23.6 Å². The van der Waals surface area contributed by atoms with E-state index in [2.05, 4.69) is 0 Å². The Kier molecular flexibility index (Phi) is 3.34. The van der Waals surface area contributed by atoms with Crippen LogP contribution in [0.5, 0.6) is 5.75 Å². The molecule has 0 spiro atoms. The minimum Gasteiger partial charge on any atom is -0.495 e. The molecule has 0 saturated heterocycles. The van der Waals surface area contributed by atoms with Crippen LogP contribution in [-0.2, 0) is 4.74 Å². The van der Waals surface area contributed by atoms with Crippen LogP contribution in [0.4, 0.5) is 5.69 Å². The van der Waals surface area contributed by atoms with Gasteiger partial charge in [0.05, 0.1) is 25.0 Å². The van der Waals surface area contributed by atoms with Gasteiger partial charge < -0.3 is 15.2 Å². The van der Waals surface area contributed by atoms with Crippen molar-refractivity contribution in [3.8, 4) is 5.75 Å². The molecule has 0 amide bonds. The zero-order valence-electron chi connectivity index (χ0n) is 8.24. The smallest absolute Gasteiger partial charge is 0.338 e. The molecule has 76 valence electrons. The topological polar surface area (TPSA) is 61.5 Å². The van der Waals surface area contributed by atoms with Crippen molar-refractivity contribution in [1.29, 1.82) is 0 Å². The summed E-state index contributed by atoms with van der Waals surface area (Å²) >= 11 is 0. The van der Waals surface area contributed by atoms with Gasteiger partial charge in [-0.05, 0) is 25.1 Å². The fourth-order valence-electron chi connectivity index (χ4n) is 1.08. The van der Waals surface area contributed by atoms with Crippen LogP contribution in [-0.4, -0.2) is 19.7 Å². The highest BCUT2D eigenvalue weighted by Crippen LogP contribution is 2.22. The van der Waals surface area contributed by atoms with E-state index in [1.54, 1.807) is 19.1 Å². The lowest BCUT2D eigenvalue weighted by atomic mass is 10.2. The van der Waals surface area contributed by atoms with Crippen molar-refractivity contribution in [3.63, 3.8) is 0 Å². The standard InChI is InChI=1S/C10H13NO3/c1-3-14-10(12)7-4-5-9(13-2)8(11)6-7/h4-6H,3,11H2,1-2H3. The third-order valence-electron chi connectivity index (χ3n) is 1.74. The summed E-state index contributed by atoms with van der Waals surface area (Å²) in [5.74, 6) is 0.180. The second kappa shape index (κ2) is 4.50. The number of esters is 1. The molecular formula is C10H13NO3. The fourth-order valence-corrected chi connectivity index (χ4v) is 1.08. The van der Waals surface area contributed by atoms with Gasteiger partial charge in [-0.25, -0.2) is 4.79 Å². The summed E-state index contributed by atoms with van der Waals surface area (Å²) in [6.07, 6.45) is 0. The Balaban J connectivity index is 2.91. The number of anilines is 1. The van der Waals surface area contributed by atoms with Crippen molar-refractivity contribution in [3.05, 3.63) is 23.8 Å². The lowest BCUT2D eigenvalue weighted by Gasteiger charge is -2.06. The van der Waals surface area contributed by atoms with E-state index in [4.69, 9.17) is 15.2 Å². The Labute approximate surface area is 82.6 Å². The molecule has 0 aliphatic rings. The number of hydrogen-bond acceptors (Lipinski definition) is 4. The molecule has 0 aliphatic carbocycles. The second-order valence-electron chi connectivity index (χ2n) is 2.68. The Bertz CT molecular complexity index is 336. The highest BCUT2D eigenvalue weighted by molar-refractivity contribution is 5.91. The molecule has 2 N–H and O–H groups in total. The van der Waals surface area contributed by atoms with Crippen LogP contribution in [0.1, 0.15) is 17.3 Å². The molecule has 0 saturated carbocycles. The first-order valence-corrected chi connectivity index (χ1v) is 4.29. The Morgan fingerprint density at radius 1 is 1.50 bits per heavy atom. The van der Waals surface area contributed by atoms with Crippen LogP contribution in [0, 0.1) is 0 Å². The van der Waals surface area contributed by atoms with Crippen molar-refractivity contribution >= 4 is 11.7 Å². The Morgan fingerprint density at radius 3 is 2.71 bits per heavy atom. The molecule has 0 unspecified atom stereocenters. The van der Waals surface area contributed by atoms with E-state index in [1.807, 2.05) is 0 Å². The number of methoxy groups -OCH3 is 1. The molecule has 0 radical (unpaired) electrons. The van der Waals surface area contributed by atoms with Crippen molar-refractivity contribution in [2.24, 2.45) is 0 Å². The van der Waals surface area contributed by atoms with Crippen molar-refractivity contribution in [1.82, 2.24) is 0 Å². The zero-order valence-corrected chi connectivity index (χ0v) is 8.24. The molecule has 4 heteroatoms. The molecule has 1 aromatic carbocycles. The van der Waals surface area contributed by atoms with Gasteiger partial charge in [0, 0.05) is 0 Å². The third-order valence-corrected chi connectivity index (χ3v) is 1.74. The summed E-state index contributed by atoms with van der Waals surface area (Å²) < 4.78 is 9.78. The largest absolute Gasteiger partial charge is 0.495 e. The highest BCUT2D eigenvalue weighted by Gasteiger charge is 2.08. The maximum atomic E-state index is 11.3. The van der Waals surface area contributed by atoms with E-state index >= 15 is 0 Å². The fraction of sp³-hybridized carbons (Fsp3) is 0.300. The molecule has 0 bridgehead atoms. The molecule has 4 nitrogen and oxygen atoms in total. The molecule has 1 aromatic rings. The molecule has 1 rings (SSSR count). The monoisotopic (exact) mass is 195 g/mol. The van der Waals surface area contributed by atoms with Crippen molar-refractivity contribution in [2.45, 2.75) is 6.92 Å². The van der Waals surface area contributed by atoms with Gasteiger partial charge in [0.1, 0.15) is 5.75 Å².